The highest BCUT2D eigenvalue weighted by Gasteiger charge is 2.40. The zero-order chi connectivity index (χ0) is 21.1. The molecule has 2 N–H and O–H groups in total. The molecule has 4 nitrogen and oxygen atoms in total. The Morgan fingerprint density at radius 3 is 2.70 bits per heavy atom. The van der Waals surface area contributed by atoms with Gasteiger partial charge in [0.25, 0.3) is 0 Å². The molecule has 1 fully saturated rings. The molecule has 1 aliphatic heterocycles. The van der Waals surface area contributed by atoms with Crippen LogP contribution in [0.4, 0.5) is 14.5 Å². The summed E-state index contributed by atoms with van der Waals surface area (Å²) in [5, 5.41) is 11.3. The minimum atomic E-state index is -0.348. The Balaban J connectivity index is 1.56. The van der Waals surface area contributed by atoms with Crippen molar-refractivity contribution in [3.05, 3.63) is 89.9 Å². The first-order valence-corrected chi connectivity index (χ1v) is 10.4. The van der Waals surface area contributed by atoms with Gasteiger partial charge in [-0.15, -0.1) is 6.58 Å². The maximum Gasteiger partial charge on any atom is 0.142 e. The van der Waals surface area contributed by atoms with Gasteiger partial charge in [0.15, 0.2) is 0 Å². The van der Waals surface area contributed by atoms with Gasteiger partial charge in [0.2, 0.25) is 0 Å². The molecular weight excluding hydrogens is 402 g/mol. The van der Waals surface area contributed by atoms with Gasteiger partial charge in [0, 0.05) is 47.2 Å². The van der Waals surface area contributed by atoms with E-state index in [1.807, 2.05) is 6.08 Å². The lowest BCUT2D eigenvalue weighted by atomic mass is 9.69. The number of nitrogens with one attached hydrogen (secondary N) is 2. The number of benzene rings is 1. The third-order valence-electron chi connectivity index (χ3n) is 5.50. The van der Waals surface area contributed by atoms with Gasteiger partial charge in [-0.25, -0.2) is 13.1 Å². The number of hydrogen-bond acceptors (Lipinski definition) is 5. The van der Waals surface area contributed by atoms with Crippen molar-refractivity contribution in [1.29, 1.82) is 5.41 Å². The molecule has 1 unspecified atom stereocenters. The molecule has 2 heterocycles. The molecule has 0 amide bonds. The topological polar surface area (TPSA) is 52.0 Å². The molecule has 4 rings (SSSR count). The Labute approximate surface area is 179 Å². The number of pyridine rings is 1. The van der Waals surface area contributed by atoms with E-state index < -0.39 is 0 Å². The Morgan fingerprint density at radius 1 is 1.20 bits per heavy atom. The van der Waals surface area contributed by atoms with Crippen molar-refractivity contribution >= 4 is 23.8 Å². The third-order valence-corrected chi connectivity index (χ3v) is 6.51. The van der Waals surface area contributed by atoms with Crippen molar-refractivity contribution in [3.63, 3.8) is 0 Å². The number of anilines is 1. The summed E-state index contributed by atoms with van der Waals surface area (Å²) in [5.41, 5.74) is 3.47. The first-order valence-electron chi connectivity index (χ1n) is 9.66. The molecule has 1 atom stereocenters. The van der Waals surface area contributed by atoms with Crippen molar-refractivity contribution < 1.29 is 8.78 Å². The van der Waals surface area contributed by atoms with E-state index >= 15 is 0 Å². The van der Waals surface area contributed by atoms with Gasteiger partial charge < -0.3 is 10.7 Å². The van der Waals surface area contributed by atoms with Gasteiger partial charge in [0.05, 0.1) is 6.20 Å². The van der Waals surface area contributed by atoms with Crippen LogP contribution in [0.5, 0.6) is 0 Å². The number of piperidine rings is 1. The number of rotatable bonds is 6. The summed E-state index contributed by atoms with van der Waals surface area (Å²) in [6.07, 6.45) is 9.77. The molecule has 1 aromatic carbocycles. The fourth-order valence-corrected chi connectivity index (χ4v) is 5.00. The van der Waals surface area contributed by atoms with Crippen LogP contribution in [-0.2, 0) is 0 Å². The zero-order valence-corrected chi connectivity index (χ0v) is 17.2. The molecular formula is C23H22F2N4S. The van der Waals surface area contributed by atoms with Crippen LogP contribution in [0.3, 0.4) is 0 Å². The van der Waals surface area contributed by atoms with E-state index in [0.717, 1.165) is 34.8 Å². The molecule has 1 aromatic heterocycles. The number of halogens is 2. The summed E-state index contributed by atoms with van der Waals surface area (Å²) < 4.78 is 28.9. The molecule has 2 aliphatic rings. The largest absolute Gasteiger partial charge is 0.355 e. The Bertz CT molecular complexity index is 1030. The molecule has 0 saturated carbocycles. The second-order valence-electron chi connectivity index (χ2n) is 7.47. The molecule has 1 aliphatic carbocycles. The van der Waals surface area contributed by atoms with Crippen LogP contribution >= 0.6 is 11.9 Å². The quantitative estimate of drug-likeness (QED) is 0.361. The van der Waals surface area contributed by atoms with Gasteiger partial charge in [-0.2, -0.15) is 0 Å². The van der Waals surface area contributed by atoms with Crippen molar-refractivity contribution in [2.75, 3.05) is 18.4 Å². The second kappa shape index (κ2) is 8.53. The Hall–Kier alpha value is -2.77. The van der Waals surface area contributed by atoms with E-state index in [2.05, 4.69) is 27.3 Å². The normalized spacial score (nSPS) is 21.6. The number of hydrogen-bond donors (Lipinski definition) is 2. The van der Waals surface area contributed by atoms with Crippen LogP contribution in [0.15, 0.2) is 83.2 Å². The summed E-state index contributed by atoms with van der Waals surface area (Å²) in [5.74, 6) is -0.632. The third kappa shape index (κ3) is 4.22. The molecule has 0 radical (unpaired) electrons. The van der Waals surface area contributed by atoms with E-state index in [-0.39, 0.29) is 17.0 Å². The molecule has 7 heteroatoms. The predicted molar refractivity (Wildman–Crippen MR) is 117 cm³/mol. The lowest BCUT2D eigenvalue weighted by Gasteiger charge is -2.45. The van der Waals surface area contributed by atoms with E-state index in [1.54, 1.807) is 18.3 Å². The number of aromatic nitrogens is 1. The number of allylic oxidation sites excluding steroid dienone is 2. The zero-order valence-electron chi connectivity index (χ0n) is 16.4. The Kier molecular flexibility index (Phi) is 5.83. The van der Waals surface area contributed by atoms with Gasteiger partial charge in [-0.1, -0.05) is 11.6 Å². The molecule has 1 saturated heterocycles. The number of fused-ring (bicyclic) bond motifs is 1. The van der Waals surface area contributed by atoms with Crippen LogP contribution in [0.1, 0.15) is 12.8 Å². The average molecular weight is 425 g/mol. The van der Waals surface area contributed by atoms with Crippen LogP contribution in [0, 0.1) is 22.5 Å². The summed E-state index contributed by atoms with van der Waals surface area (Å²) in [6.45, 7) is 5.62. The van der Waals surface area contributed by atoms with Crippen molar-refractivity contribution in [3.8, 4) is 0 Å². The highest BCUT2D eigenvalue weighted by atomic mass is 32.2. The van der Waals surface area contributed by atoms with Crippen molar-refractivity contribution in [2.24, 2.45) is 5.41 Å². The highest BCUT2D eigenvalue weighted by molar-refractivity contribution is 7.97. The standard InChI is InChI=1S/C23H22F2N4S/c1-2-23-11-16(12-26)22(28-20-5-3-18(24)4-6-20)9-17(23)7-8-29(15-23)30-21-10-19(25)13-27-14-21/h2-6,9-10,12-14,26,28H,1,7-8,11,15H2. The predicted octanol–water partition coefficient (Wildman–Crippen LogP) is 5.59. The summed E-state index contributed by atoms with van der Waals surface area (Å²) in [6, 6.07) is 7.67. The molecule has 0 spiro atoms. The Morgan fingerprint density at radius 2 is 2.00 bits per heavy atom. The smallest absolute Gasteiger partial charge is 0.142 e. The van der Waals surface area contributed by atoms with E-state index in [0.29, 0.717) is 13.0 Å². The van der Waals surface area contributed by atoms with E-state index in [4.69, 9.17) is 5.41 Å². The maximum atomic E-state index is 13.5. The van der Waals surface area contributed by atoms with Crippen LogP contribution in [-0.4, -0.2) is 28.6 Å². The van der Waals surface area contributed by atoms with Crippen LogP contribution < -0.4 is 5.32 Å². The summed E-state index contributed by atoms with van der Waals surface area (Å²) in [7, 11) is 0. The van der Waals surface area contributed by atoms with E-state index in [1.165, 1.54) is 48.1 Å². The maximum absolute atomic E-state index is 13.5. The highest BCUT2D eigenvalue weighted by Crippen LogP contribution is 2.47. The van der Waals surface area contributed by atoms with Crippen molar-refractivity contribution in [1.82, 2.24) is 9.29 Å². The molecule has 2 aromatic rings. The fraction of sp³-hybridized carbons (Fsp3) is 0.217. The summed E-state index contributed by atoms with van der Waals surface area (Å²) >= 11 is 1.49. The van der Waals surface area contributed by atoms with Gasteiger partial charge >= 0.3 is 0 Å². The molecule has 154 valence electrons. The van der Waals surface area contributed by atoms with Gasteiger partial charge in [0.1, 0.15) is 11.6 Å². The first kappa shape index (κ1) is 20.5. The van der Waals surface area contributed by atoms with Crippen LogP contribution in [0.2, 0.25) is 0 Å². The van der Waals surface area contributed by atoms with Crippen LogP contribution in [0.25, 0.3) is 0 Å². The van der Waals surface area contributed by atoms with E-state index in [9.17, 15) is 8.78 Å². The van der Waals surface area contributed by atoms with Crippen molar-refractivity contribution in [2.45, 2.75) is 17.7 Å². The molecule has 30 heavy (non-hydrogen) atoms. The number of nitrogens with zero attached hydrogens (tertiary/aromatic N) is 2. The fourth-order valence-electron chi connectivity index (χ4n) is 3.95. The molecule has 0 bridgehead atoms. The lowest BCUT2D eigenvalue weighted by molar-refractivity contribution is 0.277. The second-order valence-corrected chi connectivity index (χ2v) is 8.64. The lowest BCUT2D eigenvalue weighted by Crippen LogP contribution is -2.42. The summed E-state index contributed by atoms with van der Waals surface area (Å²) in [4.78, 5) is 4.69. The first-order chi connectivity index (χ1) is 14.5. The minimum absolute atomic E-state index is 0.284. The minimum Gasteiger partial charge on any atom is -0.355 e. The van der Waals surface area contributed by atoms with Gasteiger partial charge in [-0.05, 0) is 66.8 Å². The monoisotopic (exact) mass is 424 g/mol. The SMILES string of the molecule is C=CC12CC(C=N)=C(Nc3ccc(F)cc3)C=C1CCN(Sc1cncc(F)c1)C2. The average Bonchev–Trinajstić information content (AvgIpc) is 2.75. The van der Waals surface area contributed by atoms with Gasteiger partial charge in [-0.3, -0.25) is 4.98 Å².